The first kappa shape index (κ1) is 15.4. The number of carbonyl (C=O) groups is 2. The van der Waals surface area contributed by atoms with Crippen LogP contribution in [0.3, 0.4) is 0 Å². The Labute approximate surface area is 139 Å². The monoisotopic (exact) mass is 375 g/mol. The van der Waals surface area contributed by atoms with Gasteiger partial charge in [-0.2, -0.15) is 0 Å². The number of aliphatic hydroxyl groups is 1. The summed E-state index contributed by atoms with van der Waals surface area (Å²) < 4.78 is 13.9. The van der Waals surface area contributed by atoms with Gasteiger partial charge in [0, 0.05) is 10.0 Å². The molecule has 1 aliphatic rings. The number of benzene rings is 2. The number of aliphatic hydroxyl groups excluding tert-OH is 1. The Morgan fingerprint density at radius 1 is 1.04 bits per heavy atom. The molecule has 0 spiro atoms. The van der Waals surface area contributed by atoms with E-state index in [1.54, 1.807) is 24.3 Å². The van der Waals surface area contributed by atoms with Gasteiger partial charge in [-0.3, -0.25) is 9.59 Å². The topological polar surface area (TPSA) is 66.4 Å². The summed E-state index contributed by atoms with van der Waals surface area (Å²) in [4.78, 5) is 23.9. The van der Waals surface area contributed by atoms with Crippen LogP contribution in [0.5, 0.6) is 0 Å². The number of hydrogen-bond acceptors (Lipinski definition) is 3. The maximum atomic E-state index is 13.1. The van der Waals surface area contributed by atoms with Crippen LogP contribution in [0.25, 0.3) is 5.76 Å². The number of ketones is 1. The molecule has 23 heavy (non-hydrogen) atoms. The highest BCUT2D eigenvalue weighted by atomic mass is 79.9. The predicted molar refractivity (Wildman–Crippen MR) is 86.0 cm³/mol. The highest BCUT2D eigenvalue weighted by Gasteiger charge is 2.39. The highest BCUT2D eigenvalue weighted by Crippen LogP contribution is 2.33. The van der Waals surface area contributed by atoms with Gasteiger partial charge >= 0.3 is 0 Å². The van der Waals surface area contributed by atoms with Crippen LogP contribution >= 0.6 is 15.9 Å². The Morgan fingerprint density at radius 2 is 1.65 bits per heavy atom. The molecule has 0 saturated carbocycles. The van der Waals surface area contributed by atoms with E-state index in [0.29, 0.717) is 11.1 Å². The summed E-state index contributed by atoms with van der Waals surface area (Å²) in [5.41, 5.74) is 0.897. The Balaban J connectivity index is 2.10. The van der Waals surface area contributed by atoms with Crippen molar-refractivity contribution in [3.05, 3.63) is 75.5 Å². The highest BCUT2D eigenvalue weighted by molar-refractivity contribution is 9.10. The molecule has 1 saturated heterocycles. The van der Waals surface area contributed by atoms with Gasteiger partial charge in [0.15, 0.2) is 0 Å². The van der Waals surface area contributed by atoms with Crippen LogP contribution < -0.4 is 5.32 Å². The molecule has 1 aliphatic heterocycles. The molecule has 0 aliphatic carbocycles. The predicted octanol–water partition coefficient (Wildman–Crippen LogP) is 3.30. The van der Waals surface area contributed by atoms with Gasteiger partial charge in [-0.05, 0) is 29.8 Å². The Bertz CT molecular complexity index is 813. The molecule has 1 fully saturated rings. The minimum absolute atomic E-state index is 0.0380. The lowest BCUT2D eigenvalue weighted by Crippen LogP contribution is -2.21. The second-order valence-electron chi connectivity index (χ2n) is 5.06. The van der Waals surface area contributed by atoms with E-state index in [0.717, 1.165) is 4.47 Å². The lowest BCUT2D eigenvalue weighted by Gasteiger charge is -2.13. The van der Waals surface area contributed by atoms with Crippen LogP contribution in [0, 0.1) is 5.82 Å². The fourth-order valence-electron chi connectivity index (χ4n) is 2.43. The quantitative estimate of drug-likeness (QED) is 0.480. The van der Waals surface area contributed by atoms with Crippen molar-refractivity contribution in [3.63, 3.8) is 0 Å². The molecular weight excluding hydrogens is 365 g/mol. The number of amides is 1. The largest absolute Gasteiger partial charge is 0.507 e. The summed E-state index contributed by atoms with van der Waals surface area (Å²) in [5, 5.41) is 13.0. The summed E-state index contributed by atoms with van der Waals surface area (Å²) >= 11 is 3.29. The van der Waals surface area contributed by atoms with Crippen LogP contribution in [0.4, 0.5) is 4.39 Å². The molecule has 1 amide bonds. The molecule has 3 rings (SSSR count). The van der Waals surface area contributed by atoms with Crippen molar-refractivity contribution in [2.45, 2.75) is 6.04 Å². The second-order valence-corrected chi connectivity index (χ2v) is 5.97. The zero-order valence-corrected chi connectivity index (χ0v) is 13.3. The number of Topliss-reactive ketones (excluding diaryl/α,β-unsaturated/α-hetero) is 1. The van der Waals surface area contributed by atoms with Crippen molar-refractivity contribution >= 4 is 33.4 Å². The summed E-state index contributed by atoms with van der Waals surface area (Å²) in [6.45, 7) is 0. The van der Waals surface area contributed by atoms with Gasteiger partial charge in [-0.25, -0.2) is 4.39 Å². The molecule has 0 radical (unpaired) electrons. The first-order chi connectivity index (χ1) is 11.0. The zero-order chi connectivity index (χ0) is 16.6. The van der Waals surface area contributed by atoms with Gasteiger partial charge in [0.05, 0.1) is 11.6 Å². The van der Waals surface area contributed by atoms with E-state index in [1.807, 2.05) is 0 Å². The van der Waals surface area contributed by atoms with Crippen LogP contribution in [0.15, 0.2) is 58.6 Å². The van der Waals surface area contributed by atoms with Gasteiger partial charge in [0.2, 0.25) is 0 Å². The summed E-state index contributed by atoms with van der Waals surface area (Å²) in [7, 11) is 0. The fraction of sp³-hybridized carbons (Fsp3) is 0.0588. The second kappa shape index (κ2) is 5.96. The first-order valence-electron chi connectivity index (χ1n) is 6.77. The Hall–Kier alpha value is -2.47. The van der Waals surface area contributed by atoms with Crippen molar-refractivity contribution in [3.8, 4) is 0 Å². The molecule has 2 N–H and O–H groups in total. The van der Waals surface area contributed by atoms with Crippen LogP contribution in [0.1, 0.15) is 17.2 Å². The van der Waals surface area contributed by atoms with E-state index in [4.69, 9.17) is 0 Å². The van der Waals surface area contributed by atoms with Gasteiger partial charge in [-0.1, -0.05) is 40.2 Å². The normalized spacial score (nSPS) is 19.7. The molecule has 116 valence electrons. The van der Waals surface area contributed by atoms with Crippen LogP contribution in [0.2, 0.25) is 0 Å². The lowest BCUT2D eigenvalue weighted by molar-refractivity contribution is -0.133. The molecule has 0 bridgehead atoms. The van der Waals surface area contributed by atoms with E-state index in [9.17, 15) is 19.1 Å². The molecule has 1 heterocycles. The number of nitrogens with one attached hydrogen (secondary N) is 1. The minimum atomic E-state index is -0.806. The van der Waals surface area contributed by atoms with E-state index < -0.39 is 23.5 Å². The summed E-state index contributed by atoms with van der Waals surface area (Å²) in [6, 6.07) is 11.3. The van der Waals surface area contributed by atoms with Gasteiger partial charge < -0.3 is 10.4 Å². The van der Waals surface area contributed by atoms with Crippen molar-refractivity contribution in [1.29, 1.82) is 0 Å². The van der Waals surface area contributed by atoms with Crippen molar-refractivity contribution in [2.75, 3.05) is 0 Å². The van der Waals surface area contributed by atoms with Gasteiger partial charge in [-0.15, -0.1) is 0 Å². The number of carbonyl (C=O) groups excluding carboxylic acids is 2. The van der Waals surface area contributed by atoms with E-state index in [1.165, 1.54) is 24.3 Å². The Morgan fingerprint density at radius 3 is 2.26 bits per heavy atom. The summed E-state index contributed by atoms with van der Waals surface area (Å²) in [6.07, 6.45) is 0. The lowest BCUT2D eigenvalue weighted by atomic mass is 9.96. The molecule has 2 aromatic rings. The third kappa shape index (κ3) is 2.90. The molecule has 4 nitrogen and oxygen atoms in total. The van der Waals surface area contributed by atoms with E-state index in [-0.39, 0.29) is 11.3 Å². The van der Waals surface area contributed by atoms with Crippen molar-refractivity contribution in [2.24, 2.45) is 0 Å². The standard InChI is InChI=1S/C17H11BrFNO3/c18-11-5-1-10(2-6-11)15(21)13-14(20-17(23)16(13)22)9-3-7-12(19)8-4-9/h1-8,14,21H,(H,20,23)/b15-13+/t14-/m1/s1. The smallest absolute Gasteiger partial charge is 0.293 e. The third-order valence-corrected chi connectivity index (χ3v) is 4.12. The molecule has 6 heteroatoms. The van der Waals surface area contributed by atoms with Crippen molar-refractivity contribution in [1.82, 2.24) is 5.32 Å². The van der Waals surface area contributed by atoms with Crippen LogP contribution in [-0.2, 0) is 9.59 Å². The SMILES string of the molecule is O=C1N[C@H](c2ccc(F)cc2)/C(=C(\O)c2ccc(Br)cc2)C1=O. The molecular formula is C17H11BrFNO3. The molecule has 2 aromatic carbocycles. The molecule has 1 atom stereocenters. The van der Waals surface area contributed by atoms with Crippen molar-refractivity contribution < 1.29 is 19.1 Å². The summed E-state index contributed by atoms with van der Waals surface area (Å²) in [5.74, 6) is -2.28. The third-order valence-electron chi connectivity index (χ3n) is 3.59. The minimum Gasteiger partial charge on any atom is -0.507 e. The Kier molecular flexibility index (Phi) is 4.00. The van der Waals surface area contributed by atoms with Gasteiger partial charge in [0.25, 0.3) is 11.7 Å². The zero-order valence-electron chi connectivity index (χ0n) is 11.7. The number of hydrogen-bond donors (Lipinski definition) is 2. The molecule has 0 aromatic heterocycles. The number of halogens is 2. The maximum absolute atomic E-state index is 13.1. The average molecular weight is 376 g/mol. The number of rotatable bonds is 2. The van der Waals surface area contributed by atoms with E-state index >= 15 is 0 Å². The van der Waals surface area contributed by atoms with E-state index in [2.05, 4.69) is 21.2 Å². The van der Waals surface area contributed by atoms with Crippen LogP contribution in [-0.4, -0.2) is 16.8 Å². The fourth-order valence-corrected chi connectivity index (χ4v) is 2.70. The van der Waals surface area contributed by atoms with Gasteiger partial charge in [0.1, 0.15) is 11.6 Å². The maximum Gasteiger partial charge on any atom is 0.293 e. The molecule has 0 unspecified atom stereocenters. The first-order valence-corrected chi connectivity index (χ1v) is 7.56. The average Bonchev–Trinajstić information content (AvgIpc) is 2.84.